The highest BCUT2D eigenvalue weighted by Gasteiger charge is 2.06. The zero-order chi connectivity index (χ0) is 15.9. The number of hydrogen-bond acceptors (Lipinski definition) is 3. The molecule has 0 aliphatic carbocycles. The molecule has 1 amide bonds. The molecule has 0 radical (unpaired) electrons. The van der Waals surface area contributed by atoms with Gasteiger partial charge in [-0.3, -0.25) is 9.48 Å². The van der Waals surface area contributed by atoms with Gasteiger partial charge in [0, 0.05) is 31.9 Å². The second-order valence-electron chi connectivity index (χ2n) is 4.82. The number of likely N-dealkylation sites (N-methyl/N-ethyl adjacent to an activating group) is 1. The Morgan fingerprint density at radius 2 is 2.23 bits per heavy atom. The van der Waals surface area contributed by atoms with E-state index in [9.17, 15) is 4.79 Å². The van der Waals surface area contributed by atoms with Crippen molar-refractivity contribution in [3.63, 3.8) is 0 Å². The number of aryl methyl sites for hydroxylation is 1. The number of carbonyl (C=O) groups excluding carboxylic acids is 1. The van der Waals surface area contributed by atoms with Crippen molar-refractivity contribution in [1.82, 2.24) is 14.7 Å². The number of amides is 1. The Kier molecular flexibility index (Phi) is 5.61. The third-order valence-corrected chi connectivity index (χ3v) is 3.35. The topological polar surface area (TPSA) is 47.4 Å². The molecule has 1 aromatic heterocycles. The fraction of sp³-hybridized carbons (Fsp3) is 0.250. The third kappa shape index (κ3) is 4.63. The molecule has 0 aliphatic rings. The Bertz CT molecular complexity index is 667. The molecular weight excluding hydrogens is 302 g/mol. The molecule has 0 unspecified atom stereocenters. The molecule has 0 fully saturated rings. The zero-order valence-corrected chi connectivity index (χ0v) is 13.3. The minimum Gasteiger partial charge on any atom is -0.490 e. The van der Waals surface area contributed by atoms with Crippen LogP contribution in [0.4, 0.5) is 0 Å². The number of carbonyl (C=O) groups is 1. The lowest BCUT2D eigenvalue weighted by Gasteiger charge is -2.15. The molecule has 0 saturated carbocycles. The highest BCUT2D eigenvalue weighted by molar-refractivity contribution is 6.32. The van der Waals surface area contributed by atoms with E-state index in [0.29, 0.717) is 23.9 Å². The molecule has 5 nitrogen and oxygen atoms in total. The molecule has 0 N–H and O–H groups in total. The van der Waals surface area contributed by atoms with Gasteiger partial charge in [-0.25, -0.2) is 0 Å². The minimum absolute atomic E-state index is 0.0911. The van der Waals surface area contributed by atoms with Crippen LogP contribution in [0.25, 0.3) is 6.08 Å². The summed E-state index contributed by atoms with van der Waals surface area (Å²) in [4.78, 5) is 13.5. The summed E-state index contributed by atoms with van der Waals surface area (Å²) in [6.45, 7) is 0.855. The maximum Gasteiger partial charge on any atom is 0.246 e. The van der Waals surface area contributed by atoms with Gasteiger partial charge in [-0.2, -0.15) is 5.10 Å². The van der Waals surface area contributed by atoms with Gasteiger partial charge in [0.05, 0.1) is 17.8 Å². The average Bonchev–Trinajstić information content (AvgIpc) is 2.92. The van der Waals surface area contributed by atoms with Crippen molar-refractivity contribution in [3.05, 3.63) is 53.3 Å². The number of halogens is 1. The van der Waals surface area contributed by atoms with E-state index in [2.05, 4.69) is 5.10 Å². The summed E-state index contributed by atoms with van der Waals surface area (Å²) in [5.41, 5.74) is 0.886. The molecule has 0 saturated heterocycles. The first-order valence-corrected chi connectivity index (χ1v) is 7.23. The standard InChI is InChI=1S/C16H18ClN3O2/c1-19(9-10-22-15-6-4-3-5-14(15)17)16(21)8-7-13-11-18-20(2)12-13/h3-8,11-12H,9-10H2,1-2H3. The van der Waals surface area contributed by atoms with Gasteiger partial charge in [-0.15, -0.1) is 0 Å². The highest BCUT2D eigenvalue weighted by Crippen LogP contribution is 2.22. The molecule has 0 aliphatic heterocycles. The number of para-hydroxylation sites is 1. The highest BCUT2D eigenvalue weighted by atomic mass is 35.5. The quantitative estimate of drug-likeness (QED) is 0.769. The van der Waals surface area contributed by atoms with E-state index in [0.717, 1.165) is 5.56 Å². The van der Waals surface area contributed by atoms with Crippen molar-refractivity contribution in [2.24, 2.45) is 7.05 Å². The van der Waals surface area contributed by atoms with Crippen molar-refractivity contribution in [3.8, 4) is 5.75 Å². The van der Waals surface area contributed by atoms with Crippen molar-refractivity contribution in [2.75, 3.05) is 20.2 Å². The first kappa shape index (κ1) is 16.1. The Balaban J connectivity index is 1.79. The fourth-order valence-corrected chi connectivity index (χ4v) is 1.98. The van der Waals surface area contributed by atoms with E-state index < -0.39 is 0 Å². The molecule has 2 rings (SSSR count). The molecular formula is C16H18ClN3O2. The average molecular weight is 320 g/mol. The van der Waals surface area contributed by atoms with Gasteiger partial charge in [-0.1, -0.05) is 23.7 Å². The zero-order valence-electron chi connectivity index (χ0n) is 12.6. The number of nitrogens with zero attached hydrogens (tertiary/aromatic N) is 3. The van der Waals surface area contributed by atoms with Crippen LogP contribution in [0.1, 0.15) is 5.56 Å². The van der Waals surface area contributed by atoms with Crippen molar-refractivity contribution in [1.29, 1.82) is 0 Å². The Morgan fingerprint density at radius 1 is 1.45 bits per heavy atom. The van der Waals surface area contributed by atoms with E-state index in [4.69, 9.17) is 16.3 Å². The normalized spacial score (nSPS) is 10.9. The van der Waals surface area contributed by atoms with Crippen molar-refractivity contribution in [2.45, 2.75) is 0 Å². The van der Waals surface area contributed by atoms with Crippen molar-refractivity contribution < 1.29 is 9.53 Å². The van der Waals surface area contributed by atoms with Crippen LogP contribution in [0, 0.1) is 0 Å². The van der Waals surface area contributed by atoms with Crippen molar-refractivity contribution >= 4 is 23.6 Å². The lowest BCUT2D eigenvalue weighted by molar-refractivity contribution is -0.125. The van der Waals surface area contributed by atoms with Gasteiger partial charge < -0.3 is 9.64 Å². The van der Waals surface area contributed by atoms with Crippen LogP contribution in [-0.2, 0) is 11.8 Å². The predicted molar refractivity (Wildman–Crippen MR) is 86.8 cm³/mol. The summed E-state index contributed by atoms with van der Waals surface area (Å²) >= 11 is 6.00. The summed E-state index contributed by atoms with van der Waals surface area (Å²) in [6.07, 6.45) is 6.79. The summed E-state index contributed by atoms with van der Waals surface area (Å²) in [5, 5.41) is 4.60. The molecule has 22 heavy (non-hydrogen) atoms. The summed E-state index contributed by atoms with van der Waals surface area (Å²) < 4.78 is 7.25. The smallest absolute Gasteiger partial charge is 0.246 e. The SMILES string of the molecule is CN(CCOc1ccccc1Cl)C(=O)C=Cc1cnn(C)c1. The Morgan fingerprint density at radius 3 is 2.91 bits per heavy atom. The summed E-state index contributed by atoms with van der Waals surface area (Å²) in [6, 6.07) is 7.26. The lowest BCUT2D eigenvalue weighted by Crippen LogP contribution is -2.29. The molecule has 6 heteroatoms. The van der Waals surface area contributed by atoms with E-state index in [-0.39, 0.29) is 5.91 Å². The molecule has 1 heterocycles. The second-order valence-corrected chi connectivity index (χ2v) is 5.23. The summed E-state index contributed by atoms with van der Waals surface area (Å²) in [7, 11) is 3.56. The number of aromatic nitrogens is 2. The first-order valence-electron chi connectivity index (χ1n) is 6.85. The second kappa shape index (κ2) is 7.66. The van der Waals surface area contributed by atoms with E-state index in [1.54, 1.807) is 41.0 Å². The first-order chi connectivity index (χ1) is 10.6. The van der Waals surface area contributed by atoms with Crippen LogP contribution in [0.5, 0.6) is 5.75 Å². The van der Waals surface area contributed by atoms with Crippen LogP contribution >= 0.6 is 11.6 Å². The van der Waals surface area contributed by atoms with Gasteiger partial charge in [-0.05, 0) is 18.2 Å². The number of ether oxygens (including phenoxy) is 1. The third-order valence-electron chi connectivity index (χ3n) is 3.04. The fourth-order valence-electron chi connectivity index (χ4n) is 1.79. The number of benzene rings is 1. The van der Waals surface area contributed by atoms with Gasteiger partial charge in [0.25, 0.3) is 0 Å². The van der Waals surface area contributed by atoms with E-state index in [1.165, 1.54) is 6.08 Å². The van der Waals surface area contributed by atoms with Crippen LogP contribution in [0.3, 0.4) is 0 Å². The van der Waals surface area contributed by atoms with E-state index >= 15 is 0 Å². The molecule has 0 spiro atoms. The Labute approximate surface area is 134 Å². The molecule has 2 aromatic rings. The molecule has 1 aromatic carbocycles. The van der Waals surface area contributed by atoms with Crippen LogP contribution < -0.4 is 4.74 Å². The van der Waals surface area contributed by atoms with Crippen LogP contribution in [0.15, 0.2) is 42.7 Å². The maximum atomic E-state index is 12.0. The molecule has 0 atom stereocenters. The lowest BCUT2D eigenvalue weighted by atomic mass is 10.3. The summed E-state index contributed by atoms with van der Waals surface area (Å²) in [5.74, 6) is 0.530. The monoisotopic (exact) mass is 319 g/mol. The van der Waals surface area contributed by atoms with Gasteiger partial charge in [0.15, 0.2) is 0 Å². The predicted octanol–water partition coefficient (Wildman–Crippen LogP) is 2.62. The van der Waals surface area contributed by atoms with Gasteiger partial charge in [0.2, 0.25) is 5.91 Å². The largest absolute Gasteiger partial charge is 0.490 e. The van der Waals surface area contributed by atoms with Crippen LogP contribution in [0.2, 0.25) is 5.02 Å². The maximum absolute atomic E-state index is 12.0. The molecule has 116 valence electrons. The van der Waals surface area contributed by atoms with Gasteiger partial charge in [0.1, 0.15) is 12.4 Å². The van der Waals surface area contributed by atoms with Gasteiger partial charge >= 0.3 is 0 Å². The minimum atomic E-state index is -0.0911. The number of hydrogen-bond donors (Lipinski definition) is 0. The van der Waals surface area contributed by atoms with E-state index in [1.807, 2.05) is 25.4 Å². The molecule has 0 bridgehead atoms. The van der Waals surface area contributed by atoms with Crippen LogP contribution in [-0.4, -0.2) is 40.8 Å². The number of rotatable bonds is 6. The Hall–Kier alpha value is -2.27.